The van der Waals surface area contributed by atoms with Crippen LogP contribution in [-0.4, -0.2) is 26.4 Å². The van der Waals surface area contributed by atoms with E-state index in [0.717, 1.165) is 55.9 Å². The Kier molecular flexibility index (Phi) is 6.83. The SMILES string of the molecule is CCCCOCCCNC1CCOc2ccc(Br)cc21. The van der Waals surface area contributed by atoms with Gasteiger partial charge in [0.1, 0.15) is 5.75 Å². The molecule has 1 atom stereocenters. The third-order valence-corrected chi connectivity index (χ3v) is 4.00. The van der Waals surface area contributed by atoms with E-state index in [0.29, 0.717) is 6.04 Å². The summed E-state index contributed by atoms with van der Waals surface area (Å²) in [5.41, 5.74) is 1.26. The largest absolute Gasteiger partial charge is 0.493 e. The van der Waals surface area contributed by atoms with Gasteiger partial charge in [-0.1, -0.05) is 29.3 Å². The molecule has 1 N–H and O–H groups in total. The maximum Gasteiger partial charge on any atom is 0.124 e. The molecule has 1 aromatic rings. The van der Waals surface area contributed by atoms with Crippen molar-refractivity contribution in [2.24, 2.45) is 0 Å². The molecule has 112 valence electrons. The number of hydrogen-bond acceptors (Lipinski definition) is 3. The van der Waals surface area contributed by atoms with Gasteiger partial charge in [-0.2, -0.15) is 0 Å². The lowest BCUT2D eigenvalue weighted by atomic mass is 10.0. The van der Waals surface area contributed by atoms with E-state index in [-0.39, 0.29) is 0 Å². The predicted octanol–water partition coefficient (Wildman–Crippen LogP) is 4.07. The molecule has 1 aliphatic heterocycles. The van der Waals surface area contributed by atoms with Crippen molar-refractivity contribution in [3.8, 4) is 5.75 Å². The Balaban J connectivity index is 1.73. The Morgan fingerprint density at radius 3 is 3.05 bits per heavy atom. The van der Waals surface area contributed by atoms with Gasteiger partial charge >= 0.3 is 0 Å². The number of halogens is 1. The molecule has 0 aromatic heterocycles. The standard InChI is InChI=1S/C16H24BrNO2/c1-2-3-9-19-10-4-8-18-15-7-11-20-16-6-5-13(17)12-14(15)16/h5-6,12,15,18H,2-4,7-11H2,1H3. The van der Waals surface area contributed by atoms with Crippen molar-refractivity contribution in [2.75, 3.05) is 26.4 Å². The molecule has 0 bridgehead atoms. The smallest absolute Gasteiger partial charge is 0.124 e. The molecule has 0 amide bonds. The Labute approximate surface area is 130 Å². The highest BCUT2D eigenvalue weighted by Gasteiger charge is 2.20. The van der Waals surface area contributed by atoms with Gasteiger partial charge in [0.05, 0.1) is 6.61 Å². The van der Waals surface area contributed by atoms with Crippen LogP contribution in [0.1, 0.15) is 44.2 Å². The summed E-state index contributed by atoms with van der Waals surface area (Å²) in [4.78, 5) is 0. The highest BCUT2D eigenvalue weighted by Crippen LogP contribution is 2.33. The van der Waals surface area contributed by atoms with Gasteiger partial charge in [0.25, 0.3) is 0 Å². The quantitative estimate of drug-likeness (QED) is 0.723. The van der Waals surface area contributed by atoms with Crippen LogP contribution in [0.3, 0.4) is 0 Å². The zero-order chi connectivity index (χ0) is 14.2. The van der Waals surface area contributed by atoms with E-state index in [1.807, 2.05) is 12.1 Å². The summed E-state index contributed by atoms with van der Waals surface area (Å²) in [5, 5.41) is 3.62. The van der Waals surface area contributed by atoms with E-state index in [4.69, 9.17) is 9.47 Å². The molecule has 0 spiro atoms. The Bertz CT molecular complexity index is 411. The van der Waals surface area contributed by atoms with Crippen LogP contribution in [0.5, 0.6) is 5.75 Å². The molecule has 0 radical (unpaired) electrons. The summed E-state index contributed by atoms with van der Waals surface area (Å²) in [5.74, 6) is 1.01. The molecule has 1 aromatic carbocycles. The van der Waals surface area contributed by atoms with Crippen LogP contribution < -0.4 is 10.1 Å². The Hall–Kier alpha value is -0.580. The molecule has 0 saturated carbocycles. The first-order valence-corrected chi connectivity index (χ1v) is 8.34. The highest BCUT2D eigenvalue weighted by molar-refractivity contribution is 9.10. The molecule has 0 saturated heterocycles. The van der Waals surface area contributed by atoms with Crippen LogP contribution in [0.15, 0.2) is 22.7 Å². The first-order valence-electron chi connectivity index (χ1n) is 7.54. The molecule has 0 fully saturated rings. The Morgan fingerprint density at radius 2 is 2.20 bits per heavy atom. The second kappa shape index (κ2) is 8.65. The van der Waals surface area contributed by atoms with Crippen molar-refractivity contribution in [3.05, 3.63) is 28.2 Å². The van der Waals surface area contributed by atoms with E-state index in [9.17, 15) is 0 Å². The van der Waals surface area contributed by atoms with Crippen molar-refractivity contribution in [1.82, 2.24) is 5.32 Å². The molecule has 2 rings (SSSR count). The van der Waals surface area contributed by atoms with E-state index in [1.165, 1.54) is 12.0 Å². The van der Waals surface area contributed by atoms with Gasteiger partial charge in [-0.25, -0.2) is 0 Å². The number of fused-ring (bicyclic) bond motifs is 1. The summed E-state index contributed by atoms with van der Waals surface area (Å²) >= 11 is 3.53. The molecule has 1 heterocycles. The average molecular weight is 342 g/mol. The zero-order valence-corrected chi connectivity index (χ0v) is 13.7. The molecule has 1 aliphatic rings. The Morgan fingerprint density at radius 1 is 1.35 bits per heavy atom. The van der Waals surface area contributed by atoms with Crippen molar-refractivity contribution in [3.63, 3.8) is 0 Å². The van der Waals surface area contributed by atoms with Crippen molar-refractivity contribution in [1.29, 1.82) is 0 Å². The van der Waals surface area contributed by atoms with Gasteiger partial charge in [-0.3, -0.25) is 0 Å². The lowest BCUT2D eigenvalue weighted by molar-refractivity contribution is 0.127. The summed E-state index contributed by atoms with van der Waals surface area (Å²) in [6, 6.07) is 6.63. The maximum atomic E-state index is 5.69. The second-order valence-electron chi connectivity index (χ2n) is 5.15. The molecular weight excluding hydrogens is 318 g/mol. The number of benzene rings is 1. The molecule has 1 unspecified atom stereocenters. The predicted molar refractivity (Wildman–Crippen MR) is 85.3 cm³/mol. The van der Waals surface area contributed by atoms with Gasteiger partial charge in [0.2, 0.25) is 0 Å². The molecule has 3 nitrogen and oxygen atoms in total. The first-order chi connectivity index (χ1) is 9.81. The fraction of sp³-hybridized carbons (Fsp3) is 0.625. The van der Waals surface area contributed by atoms with Gasteiger partial charge < -0.3 is 14.8 Å². The molecule has 20 heavy (non-hydrogen) atoms. The van der Waals surface area contributed by atoms with Crippen molar-refractivity contribution in [2.45, 2.75) is 38.6 Å². The third kappa shape index (κ3) is 4.76. The average Bonchev–Trinajstić information content (AvgIpc) is 2.46. The van der Waals surface area contributed by atoms with Gasteiger partial charge in [-0.15, -0.1) is 0 Å². The second-order valence-corrected chi connectivity index (χ2v) is 6.06. The fourth-order valence-corrected chi connectivity index (χ4v) is 2.76. The van der Waals surface area contributed by atoms with Gasteiger partial charge in [-0.05, 0) is 37.6 Å². The highest BCUT2D eigenvalue weighted by atomic mass is 79.9. The fourth-order valence-electron chi connectivity index (χ4n) is 2.38. The summed E-state index contributed by atoms with van der Waals surface area (Å²) in [6.45, 7) is 5.71. The van der Waals surface area contributed by atoms with Gasteiger partial charge in [0.15, 0.2) is 0 Å². The van der Waals surface area contributed by atoms with Crippen LogP contribution in [0.25, 0.3) is 0 Å². The van der Waals surface area contributed by atoms with Crippen LogP contribution in [0.4, 0.5) is 0 Å². The van der Waals surface area contributed by atoms with E-state index < -0.39 is 0 Å². The lowest BCUT2D eigenvalue weighted by Crippen LogP contribution is -2.28. The third-order valence-electron chi connectivity index (χ3n) is 3.51. The van der Waals surface area contributed by atoms with Crippen molar-refractivity contribution >= 4 is 15.9 Å². The van der Waals surface area contributed by atoms with E-state index >= 15 is 0 Å². The van der Waals surface area contributed by atoms with E-state index in [1.54, 1.807) is 0 Å². The minimum Gasteiger partial charge on any atom is -0.493 e. The molecular formula is C16H24BrNO2. The van der Waals surface area contributed by atoms with Crippen LogP contribution in [0, 0.1) is 0 Å². The molecule has 0 aliphatic carbocycles. The number of unbranched alkanes of at least 4 members (excludes halogenated alkanes) is 1. The number of hydrogen-bond donors (Lipinski definition) is 1. The van der Waals surface area contributed by atoms with Crippen LogP contribution in [-0.2, 0) is 4.74 Å². The summed E-state index contributed by atoms with van der Waals surface area (Å²) in [7, 11) is 0. The molecule has 4 heteroatoms. The summed E-state index contributed by atoms with van der Waals surface area (Å²) < 4.78 is 12.4. The maximum absolute atomic E-state index is 5.69. The minimum absolute atomic E-state index is 0.395. The minimum atomic E-state index is 0.395. The van der Waals surface area contributed by atoms with Crippen LogP contribution in [0.2, 0.25) is 0 Å². The zero-order valence-electron chi connectivity index (χ0n) is 12.2. The number of nitrogens with one attached hydrogen (secondary N) is 1. The topological polar surface area (TPSA) is 30.5 Å². The van der Waals surface area contributed by atoms with Crippen LogP contribution >= 0.6 is 15.9 Å². The lowest BCUT2D eigenvalue weighted by Gasteiger charge is -2.27. The normalized spacial score (nSPS) is 17.6. The number of rotatable bonds is 8. The van der Waals surface area contributed by atoms with Gasteiger partial charge in [0, 0.05) is 35.7 Å². The van der Waals surface area contributed by atoms with E-state index in [2.05, 4.69) is 34.2 Å². The first kappa shape index (κ1) is 15.8. The van der Waals surface area contributed by atoms with Crippen molar-refractivity contribution < 1.29 is 9.47 Å². The summed E-state index contributed by atoms with van der Waals surface area (Å²) in [6.07, 6.45) is 4.45. The monoisotopic (exact) mass is 341 g/mol. The number of ether oxygens (including phenoxy) is 2.